The largest absolute Gasteiger partial charge is 0.493 e. The number of hydrogen-bond donors (Lipinski definition) is 1. The molecule has 0 spiro atoms. The number of ether oxygens (including phenoxy) is 2. The van der Waals surface area contributed by atoms with Crippen molar-refractivity contribution in [3.05, 3.63) is 42.0 Å². The number of carbonyl (C=O) groups is 1. The van der Waals surface area contributed by atoms with Crippen LogP contribution in [0, 0.1) is 6.92 Å². The number of methoxy groups -OCH3 is 1. The third-order valence-corrected chi connectivity index (χ3v) is 5.05. The van der Waals surface area contributed by atoms with Crippen molar-refractivity contribution in [2.45, 2.75) is 45.1 Å². The highest BCUT2D eigenvalue weighted by Gasteiger charge is 2.49. The minimum atomic E-state index is -0.417. The van der Waals surface area contributed by atoms with E-state index in [0.29, 0.717) is 17.2 Å². The molecule has 8 heteroatoms. The van der Waals surface area contributed by atoms with Gasteiger partial charge >= 0.3 is 6.09 Å². The van der Waals surface area contributed by atoms with Crippen molar-refractivity contribution in [1.82, 2.24) is 24.9 Å². The Kier molecular flexibility index (Phi) is 4.86. The zero-order chi connectivity index (χ0) is 20.6. The van der Waals surface area contributed by atoms with Gasteiger partial charge in [0.25, 0.3) is 0 Å². The standard InChI is InChI=1S/C21H25N5O3/c1-13(2)23-20(27)29-12-21(7-8-21)19-24-18-17(28-4)6-5-16(26(18)25-19)15-9-14(3)10-22-11-15/h5-6,9-11,13H,7-8,12H2,1-4H3,(H,23,27). The van der Waals surface area contributed by atoms with Crippen LogP contribution in [0.3, 0.4) is 0 Å². The van der Waals surface area contributed by atoms with Crippen molar-refractivity contribution < 1.29 is 14.3 Å². The Morgan fingerprint density at radius 3 is 2.76 bits per heavy atom. The maximum atomic E-state index is 11.9. The number of amides is 1. The molecule has 1 aliphatic rings. The summed E-state index contributed by atoms with van der Waals surface area (Å²) in [6, 6.07) is 5.92. The van der Waals surface area contributed by atoms with Gasteiger partial charge in [0, 0.05) is 24.0 Å². The molecule has 0 bridgehead atoms. The van der Waals surface area contributed by atoms with Crippen molar-refractivity contribution in [2.24, 2.45) is 0 Å². The molecule has 1 aliphatic carbocycles. The van der Waals surface area contributed by atoms with Gasteiger partial charge in [0.15, 0.2) is 17.2 Å². The Bertz CT molecular complexity index is 1060. The summed E-state index contributed by atoms with van der Waals surface area (Å²) in [5.74, 6) is 1.31. The zero-order valence-corrected chi connectivity index (χ0v) is 17.1. The monoisotopic (exact) mass is 395 g/mol. The lowest BCUT2D eigenvalue weighted by molar-refractivity contribution is 0.131. The molecular weight excluding hydrogens is 370 g/mol. The van der Waals surface area contributed by atoms with Crippen LogP contribution in [0.2, 0.25) is 0 Å². The molecule has 0 saturated heterocycles. The van der Waals surface area contributed by atoms with Gasteiger partial charge in [-0.1, -0.05) is 0 Å². The summed E-state index contributed by atoms with van der Waals surface area (Å²) < 4.78 is 12.7. The summed E-state index contributed by atoms with van der Waals surface area (Å²) in [5, 5.41) is 7.53. The number of carbonyl (C=O) groups excluding carboxylic acids is 1. The number of rotatable bonds is 6. The van der Waals surface area contributed by atoms with Crippen LogP contribution < -0.4 is 10.1 Å². The van der Waals surface area contributed by atoms with Gasteiger partial charge in [-0.2, -0.15) is 0 Å². The average Bonchev–Trinajstić information content (AvgIpc) is 3.34. The number of aryl methyl sites for hydroxylation is 1. The van der Waals surface area contributed by atoms with Crippen LogP contribution in [-0.4, -0.2) is 45.4 Å². The Balaban J connectivity index is 1.70. The molecule has 1 saturated carbocycles. The molecule has 0 atom stereocenters. The van der Waals surface area contributed by atoms with Crippen LogP contribution in [0.1, 0.15) is 38.1 Å². The summed E-state index contributed by atoms with van der Waals surface area (Å²) in [5.41, 5.74) is 3.19. The summed E-state index contributed by atoms with van der Waals surface area (Å²) >= 11 is 0. The molecular formula is C21H25N5O3. The van der Waals surface area contributed by atoms with Gasteiger partial charge in [-0.3, -0.25) is 4.98 Å². The van der Waals surface area contributed by atoms with E-state index in [-0.39, 0.29) is 18.1 Å². The Hall–Kier alpha value is -3.16. The summed E-state index contributed by atoms with van der Waals surface area (Å²) in [6.07, 6.45) is 4.96. The van der Waals surface area contributed by atoms with Crippen molar-refractivity contribution in [1.29, 1.82) is 0 Å². The molecule has 0 radical (unpaired) electrons. The normalized spacial score (nSPS) is 14.8. The fourth-order valence-corrected chi connectivity index (χ4v) is 3.30. The first-order valence-corrected chi connectivity index (χ1v) is 9.71. The second-order valence-electron chi connectivity index (χ2n) is 7.86. The number of hydrogen-bond acceptors (Lipinski definition) is 6. The van der Waals surface area contributed by atoms with Crippen molar-refractivity contribution in [3.8, 4) is 17.0 Å². The lowest BCUT2D eigenvalue weighted by Gasteiger charge is -2.13. The molecule has 4 rings (SSSR count). The molecule has 0 aliphatic heterocycles. The number of aromatic nitrogens is 4. The maximum Gasteiger partial charge on any atom is 0.407 e. The van der Waals surface area contributed by atoms with Gasteiger partial charge < -0.3 is 14.8 Å². The number of alkyl carbamates (subject to hydrolysis) is 1. The Morgan fingerprint density at radius 1 is 1.31 bits per heavy atom. The first kappa shape index (κ1) is 19.2. The fourth-order valence-electron chi connectivity index (χ4n) is 3.30. The van der Waals surface area contributed by atoms with E-state index in [1.165, 1.54) is 0 Å². The van der Waals surface area contributed by atoms with Crippen LogP contribution in [-0.2, 0) is 10.2 Å². The molecule has 1 N–H and O–H groups in total. The average molecular weight is 395 g/mol. The lowest BCUT2D eigenvalue weighted by atomic mass is 10.1. The van der Waals surface area contributed by atoms with Gasteiger partial charge in [0.05, 0.1) is 18.2 Å². The number of fused-ring (bicyclic) bond motifs is 1. The van der Waals surface area contributed by atoms with E-state index in [1.54, 1.807) is 11.6 Å². The van der Waals surface area contributed by atoms with Crippen molar-refractivity contribution in [2.75, 3.05) is 13.7 Å². The van der Waals surface area contributed by atoms with Crippen LogP contribution in [0.15, 0.2) is 30.6 Å². The van der Waals surface area contributed by atoms with Crippen LogP contribution >= 0.6 is 0 Å². The van der Waals surface area contributed by atoms with E-state index in [4.69, 9.17) is 19.6 Å². The SMILES string of the molecule is COc1ccc(-c2cncc(C)c2)n2nc(C3(COC(=O)NC(C)C)CC3)nc12. The third kappa shape index (κ3) is 3.74. The van der Waals surface area contributed by atoms with Gasteiger partial charge in [0.1, 0.15) is 6.61 Å². The van der Waals surface area contributed by atoms with Crippen LogP contribution in [0.4, 0.5) is 4.79 Å². The van der Waals surface area contributed by atoms with E-state index < -0.39 is 6.09 Å². The molecule has 29 heavy (non-hydrogen) atoms. The predicted octanol–water partition coefficient (Wildman–Crippen LogP) is 3.27. The maximum absolute atomic E-state index is 11.9. The fraction of sp³-hybridized carbons (Fsp3) is 0.429. The van der Waals surface area contributed by atoms with Gasteiger partial charge in [-0.15, -0.1) is 5.10 Å². The number of nitrogens with one attached hydrogen (secondary N) is 1. The minimum Gasteiger partial charge on any atom is -0.493 e. The van der Waals surface area contributed by atoms with E-state index in [2.05, 4.69) is 16.4 Å². The highest BCUT2D eigenvalue weighted by atomic mass is 16.5. The zero-order valence-electron chi connectivity index (χ0n) is 17.1. The number of pyridine rings is 2. The molecule has 1 fully saturated rings. The molecule has 0 unspecified atom stereocenters. The first-order chi connectivity index (χ1) is 13.9. The summed E-state index contributed by atoms with van der Waals surface area (Å²) in [4.78, 5) is 20.9. The molecule has 1 amide bonds. The number of nitrogens with zero attached hydrogens (tertiary/aromatic N) is 4. The topological polar surface area (TPSA) is 90.6 Å². The molecule has 3 aromatic heterocycles. The van der Waals surface area contributed by atoms with E-state index in [0.717, 1.165) is 29.7 Å². The molecule has 3 aromatic rings. The Labute approximate surface area is 169 Å². The molecule has 8 nitrogen and oxygen atoms in total. The van der Waals surface area contributed by atoms with Crippen molar-refractivity contribution in [3.63, 3.8) is 0 Å². The quantitative estimate of drug-likeness (QED) is 0.689. The minimum absolute atomic E-state index is 0.0285. The van der Waals surface area contributed by atoms with Gasteiger partial charge in [0.2, 0.25) is 0 Å². The highest BCUT2D eigenvalue weighted by molar-refractivity contribution is 5.68. The smallest absolute Gasteiger partial charge is 0.407 e. The third-order valence-electron chi connectivity index (χ3n) is 5.05. The second kappa shape index (κ2) is 7.35. The first-order valence-electron chi connectivity index (χ1n) is 9.71. The van der Waals surface area contributed by atoms with Crippen LogP contribution in [0.5, 0.6) is 5.75 Å². The van der Waals surface area contributed by atoms with Crippen molar-refractivity contribution >= 4 is 11.7 Å². The second-order valence-corrected chi connectivity index (χ2v) is 7.86. The molecule has 152 valence electrons. The lowest BCUT2D eigenvalue weighted by Crippen LogP contribution is -2.33. The van der Waals surface area contributed by atoms with E-state index in [1.807, 2.05) is 45.3 Å². The van der Waals surface area contributed by atoms with Gasteiger partial charge in [-0.25, -0.2) is 14.3 Å². The van der Waals surface area contributed by atoms with E-state index in [9.17, 15) is 4.79 Å². The molecule has 3 heterocycles. The highest BCUT2D eigenvalue weighted by Crippen LogP contribution is 2.47. The Morgan fingerprint density at radius 2 is 2.10 bits per heavy atom. The van der Waals surface area contributed by atoms with Gasteiger partial charge in [-0.05, 0) is 57.4 Å². The molecule has 0 aromatic carbocycles. The van der Waals surface area contributed by atoms with Crippen LogP contribution in [0.25, 0.3) is 16.9 Å². The van der Waals surface area contributed by atoms with E-state index >= 15 is 0 Å². The predicted molar refractivity (Wildman–Crippen MR) is 108 cm³/mol. The summed E-state index contributed by atoms with van der Waals surface area (Å²) in [6.45, 7) is 6.05. The summed E-state index contributed by atoms with van der Waals surface area (Å²) in [7, 11) is 1.61.